The van der Waals surface area contributed by atoms with Crippen LogP contribution in [-0.4, -0.2) is 44.5 Å². The van der Waals surface area contributed by atoms with Crippen LogP contribution in [0.4, 0.5) is 0 Å². The molecule has 1 fully saturated rings. The Bertz CT molecular complexity index is 651. The summed E-state index contributed by atoms with van der Waals surface area (Å²) in [6.45, 7) is 3.51. The highest BCUT2D eigenvalue weighted by Crippen LogP contribution is 2.26. The quantitative estimate of drug-likeness (QED) is 0.930. The van der Waals surface area contributed by atoms with Gasteiger partial charge < -0.3 is 10.6 Å². The molecule has 0 aliphatic carbocycles. The first-order valence-electron chi connectivity index (χ1n) is 7.98. The zero-order valence-electron chi connectivity index (χ0n) is 13.0. The highest BCUT2D eigenvalue weighted by atomic mass is 16.2. The van der Waals surface area contributed by atoms with Crippen molar-refractivity contribution in [3.63, 3.8) is 0 Å². The predicted octanol–water partition coefficient (Wildman–Crippen LogP) is 1.56. The molecule has 0 aromatic carbocycles. The lowest BCUT2D eigenvalue weighted by molar-refractivity contribution is -0.132. The topological polar surface area (TPSA) is 76.5 Å². The Labute approximate surface area is 130 Å². The Balaban J connectivity index is 1.71. The normalized spacial score (nSPS) is 20.3. The van der Waals surface area contributed by atoms with Gasteiger partial charge in [0.05, 0.1) is 0 Å². The molecule has 2 unspecified atom stereocenters. The van der Waals surface area contributed by atoms with Crippen molar-refractivity contribution in [2.24, 2.45) is 5.73 Å². The number of nitrogens with two attached hydrogens (primary N) is 1. The number of carbonyl (C=O) groups is 1. The van der Waals surface area contributed by atoms with Crippen molar-refractivity contribution in [2.45, 2.75) is 44.6 Å². The summed E-state index contributed by atoms with van der Waals surface area (Å²) < 4.78 is 2.03. The lowest BCUT2D eigenvalue weighted by Crippen LogP contribution is -2.40. The van der Waals surface area contributed by atoms with Crippen LogP contribution < -0.4 is 5.73 Å². The minimum absolute atomic E-state index is 0.0741. The maximum Gasteiger partial charge on any atom is 0.222 e. The fraction of sp³-hybridized carbons (Fsp3) is 0.562. The first-order valence-corrected chi connectivity index (χ1v) is 7.98. The van der Waals surface area contributed by atoms with E-state index in [1.807, 2.05) is 40.6 Å². The summed E-state index contributed by atoms with van der Waals surface area (Å²) in [5.74, 6) is 1.42. The second-order valence-electron chi connectivity index (χ2n) is 6.18. The highest BCUT2D eigenvalue weighted by Gasteiger charge is 2.27. The molecule has 3 heterocycles. The van der Waals surface area contributed by atoms with Crippen LogP contribution in [0.25, 0.3) is 5.65 Å². The third-order valence-electron chi connectivity index (χ3n) is 4.29. The van der Waals surface area contributed by atoms with E-state index >= 15 is 0 Å². The van der Waals surface area contributed by atoms with Crippen molar-refractivity contribution in [3.05, 3.63) is 30.2 Å². The number of aromatic nitrogens is 3. The molecule has 118 valence electrons. The fourth-order valence-corrected chi connectivity index (χ4v) is 3.06. The summed E-state index contributed by atoms with van der Waals surface area (Å²) in [6.07, 6.45) is 5.32. The Morgan fingerprint density at radius 1 is 1.45 bits per heavy atom. The van der Waals surface area contributed by atoms with Crippen molar-refractivity contribution in [1.82, 2.24) is 19.5 Å². The van der Waals surface area contributed by atoms with Crippen molar-refractivity contribution >= 4 is 11.6 Å². The van der Waals surface area contributed by atoms with E-state index in [0.717, 1.165) is 43.8 Å². The number of hydrogen-bond acceptors (Lipinski definition) is 4. The van der Waals surface area contributed by atoms with E-state index in [2.05, 4.69) is 10.2 Å². The smallest absolute Gasteiger partial charge is 0.222 e. The number of hydrogen-bond donors (Lipinski definition) is 1. The summed E-state index contributed by atoms with van der Waals surface area (Å²) in [6, 6.07) is 5.96. The number of fused-ring (bicyclic) bond motifs is 1. The Morgan fingerprint density at radius 3 is 3.14 bits per heavy atom. The van der Waals surface area contributed by atoms with Gasteiger partial charge in [0.25, 0.3) is 0 Å². The average molecular weight is 301 g/mol. The molecule has 6 heteroatoms. The van der Waals surface area contributed by atoms with Gasteiger partial charge in [-0.25, -0.2) is 0 Å². The number of pyridine rings is 1. The van der Waals surface area contributed by atoms with Crippen LogP contribution in [0.1, 0.15) is 44.3 Å². The third-order valence-corrected chi connectivity index (χ3v) is 4.29. The minimum atomic E-state index is 0.0741. The van der Waals surface area contributed by atoms with Gasteiger partial charge in [-0.15, -0.1) is 10.2 Å². The number of carbonyl (C=O) groups excluding carboxylic acids is 1. The third kappa shape index (κ3) is 3.11. The van der Waals surface area contributed by atoms with Gasteiger partial charge in [0, 0.05) is 37.7 Å². The van der Waals surface area contributed by atoms with Gasteiger partial charge in [-0.3, -0.25) is 9.20 Å². The largest absolute Gasteiger partial charge is 0.342 e. The minimum Gasteiger partial charge on any atom is -0.342 e. The lowest BCUT2D eigenvalue weighted by atomic mass is 9.96. The summed E-state index contributed by atoms with van der Waals surface area (Å²) in [7, 11) is 0. The van der Waals surface area contributed by atoms with Gasteiger partial charge in [0.1, 0.15) is 5.82 Å². The number of piperidine rings is 1. The number of likely N-dealkylation sites (tertiary alicyclic amines) is 1. The summed E-state index contributed by atoms with van der Waals surface area (Å²) in [5, 5.41) is 8.56. The van der Waals surface area contributed by atoms with Crippen molar-refractivity contribution < 1.29 is 4.79 Å². The van der Waals surface area contributed by atoms with E-state index in [0.29, 0.717) is 6.42 Å². The molecular formula is C16H23N5O. The molecule has 1 amide bonds. The van der Waals surface area contributed by atoms with E-state index in [4.69, 9.17) is 5.73 Å². The Hall–Kier alpha value is -1.95. The van der Waals surface area contributed by atoms with Crippen molar-refractivity contribution in [1.29, 1.82) is 0 Å². The monoisotopic (exact) mass is 301 g/mol. The predicted molar refractivity (Wildman–Crippen MR) is 84.4 cm³/mol. The molecule has 2 aromatic rings. The molecule has 0 spiro atoms. The van der Waals surface area contributed by atoms with E-state index in [9.17, 15) is 4.79 Å². The van der Waals surface area contributed by atoms with Crippen LogP contribution >= 0.6 is 0 Å². The van der Waals surface area contributed by atoms with Gasteiger partial charge in [0.15, 0.2) is 5.65 Å². The second-order valence-corrected chi connectivity index (χ2v) is 6.18. The fourth-order valence-electron chi connectivity index (χ4n) is 3.06. The van der Waals surface area contributed by atoms with Gasteiger partial charge in [-0.2, -0.15) is 0 Å². The summed E-state index contributed by atoms with van der Waals surface area (Å²) in [5.41, 5.74) is 6.60. The van der Waals surface area contributed by atoms with Crippen LogP contribution in [0.5, 0.6) is 0 Å². The number of amides is 1. The molecule has 3 rings (SSSR count). The maximum absolute atomic E-state index is 12.3. The van der Waals surface area contributed by atoms with Crippen LogP contribution in [0.3, 0.4) is 0 Å². The molecular weight excluding hydrogens is 278 g/mol. The van der Waals surface area contributed by atoms with Gasteiger partial charge >= 0.3 is 0 Å². The Kier molecular flexibility index (Phi) is 4.38. The molecule has 0 bridgehead atoms. The molecule has 6 nitrogen and oxygen atoms in total. The number of rotatable bonds is 4. The van der Waals surface area contributed by atoms with Crippen LogP contribution in [0.2, 0.25) is 0 Å². The van der Waals surface area contributed by atoms with E-state index in [1.54, 1.807) is 0 Å². The highest BCUT2D eigenvalue weighted by molar-refractivity contribution is 5.76. The van der Waals surface area contributed by atoms with Gasteiger partial charge in [-0.1, -0.05) is 6.07 Å². The standard InChI is InChI=1S/C16H23N5O/c1-12(17)7-8-15(22)20-9-4-5-13(11-20)16-19-18-14-6-2-3-10-21(14)16/h2-3,6,10,12-13H,4-5,7-9,11,17H2,1H3. The van der Waals surface area contributed by atoms with Gasteiger partial charge in [-0.05, 0) is 38.3 Å². The van der Waals surface area contributed by atoms with E-state index < -0.39 is 0 Å². The SMILES string of the molecule is CC(N)CCC(=O)N1CCCC(c2nnc3ccccn23)C1. The summed E-state index contributed by atoms with van der Waals surface area (Å²) >= 11 is 0. The molecule has 2 atom stereocenters. The zero-order valence-corrected chi connectivity index (χ0v) is 13.0. The first-order chi connectivity index (χ1) is 10.6. The Morgan fingerprint density at radius 2 is 2.32 bits per heavy atom. The molecule has 1 aliphatic rings. The maximum atomic E-state index is 12.3. The zero-order chi connectivity index (χ0) is 15.5. The first kappa shape index (κ1) is 15.0. The van der Waals surface area contributed by atoms with E-state index in [1.165, 1.54) is 0 Å². The molecule has 22 heavy (non-hydrogen) atoms. The second kappa shape index (κ2) is 6.44. The molecule has 0 radical (unpaired) electrons. The van der Waals surface area contributed by atoms with Crippen LogP contribution in [-0.2, 0) is 4.79 Å². The molecule has 1 aliphatic heterocycles. The molecule has 2 N–H and O–H groups in total. The van der Waals surface area contributed by atoms with Crippen LogP contribution in [0.15, 0.2) is 24.4 Å². The number of nitrogens with zero attached hydrogens (tertiary/aromatic N) is 4. The van der Waals surface area contributed by atoms with Crippen molar-refractivity contribution in [3.8, 4) is 0 Å². The molecule has 1 saturated heterocycles. The van der Waals surface area contributed by atoms with Gasteiger partial charge in [0.2, 0.25) is 5.91 Å². The average Bonchev–Trinajstić information content (AvgIpc) is 2.96. The summed E-state index contributed by atoms with van der Waals surface area (Å²) in [4.78, 5) is 14.3. The van der Waals surface area contributed by atoms with Crippen LogP contribution in [0, 0.1) is 0 Å². The van der Waals surface area contributed by atoms with E-state index in [-0.39, 0.29) is 17.9 Å². The molecule has 0 saturated carbocycles. The van der Waals surface area contributed by atoms with Crippen molar-refractivity contribution in [2.75, 3.05) is 13.1 Å². The lowest BCUT2D eigenvalue weighted by Gasteiger charge is -2.32. The molecule has 2 aromatic heterocycles.